The van der Waals surface area contributed by atoms with Crippen LogP contribution in [0, 0.1) is 0 Å². The first-order valence-electron chi connectivity index (χ1n) is 12.3. The Bertz CT molecular complexity index is 2190. The van der Waals surface area contributed by atoms with E-state index in [2.05, 4.69) is 109 Å². The number of fused-ring (bicyclic) bond motifs is 13. The van der Waals surface area contributed by atoms with E-state index < -0.39 is 0 Å². The molecule has 0 fully saturated rings. The highest BCUT2D eigenvalue weighted by molar-refractivity contribution is 6.33. The second-order valence-electron chi connectivity index (χ2n) is 10.6. The van der Waals surface area contributed by atoms with Gasteiger partial charge < -0.3 is 8.82 Å². The first kappa shape index (κ1) is 18.1. The number of aromatic nitrogens is 1. The third-order valence-corrected chi connectivity index (χ3v) is 8.51. The van der Waals surface area contributed by atoms with E-state index in [1.54, 1.807) is 0 Å². The van der Waals surface area contributed by atoms with E-state index in [0.29, 0.717) is 0 Å². The van der Waals surface area contributed by atoms with Crippen LogP contribution in [0.1, 0.15) is 25.0 Å². The van der Waals surface area contributed by atoms with Gasteiger partial charge in [-0.05, 0) is 52.6 Å². The van der Waals surface area contributed by atoms with Gasteiger partial charge in [-0.3, -0.25) is 0 Å². The van der Waals surface area contributed by atoms with E-state index in [4.69, 9.17) is 4.42 Å². The van der Waals surface area contributed by atoms with E-state index in [0.717, 1.165) is 11.2 Å². The van der Waals surface area contributed by atoms with Crippen LogP contribution in [-0.4, -0.2) is 4.40 Å². The smallest absolute Gasteiger partial charge is 0.145 e. The van der Waals surface area contributed by atoms with Crippen LogP contribution in [-0.2, 0) is 5.41 Å². The van der Waals surface area contributed by atoms with Crippen LogP contribution in [0.25, 0.3) is 71.2 Å². The van der Waals surface area contributed by atoms with Gasteiger partial charge in [-0.15, -0.1) is 0 Å². The van der Waals surface area contributed by atoms with Gasteiger partial charge in [0.15, 0.2) is 0 Å². The topological polar surface area (TPSA) is 17.6 Å². The molecular formula is C33H21NO. The zero-order chi connectivity index (χ0) is 23.1. The largest absolute Gasteiger partial charge is 0.455 e. The van der Waals surface area contributed by atoms with Crippen LogP contribution in [0.15, 0.2) is 95.4 Å². The molecule has 2 heteroatoms. The molecular weight excluding hydrogens is 426 g/mol. The fourth-order valence-electron chi connectivity index (χ4n) is 6.92. The summed E-state index contributed by atoms with van der Waals surface area (Å²) >= 11 is 0. The number of furan rings is 1. The second-order valence-corrected chi connectivity index (χ2v) is 10.6. The number of hydrogen-bond acceptors (Lipinski definition) is 1. The normalized spacial score (nSPS) is 14.8. The van der Waals surface area contributed by atoms with Crippen molar-refractivity contribution in [1.82, 2.24) is 4.40 Å². The molecule has 0 aliphatic heterocycles. The molecule has 0 amide bonds. The van der Waals surface area contributed by atoms with E-state index in [1.165, 1.54) is 71.1 Å². The van der Waals surface area contributed by atoms with Gasteiger partial charge in [0.1, 0.15) is 11.2 Å². The number of hydrogen-bond donors (Lipinski definition) is 0. The minimum atomic E-state index is -0.0262. The monoisotopic (exact) mass is 447 g/mol. The van der Waals surface area contributed by atoms with Crippen molar-refractivity contribution in [2.45, 2.75) is 19.3 Å². The first-order valence-corrected chi connectivity index (χ1v) is 12.3. The van der Waals surface area contributed by atoms with Crippen molar-refractivity contribution in [2.24, 2.45) is 0 Å². The predicted octanol–water partition coefficient (Wildman–Crippen LogP) is 9.04. The summed E-state index contributed by atoms with van der Waals surface area (Å²) < 4.78 is 8.99. The molecule has 0 radical (unpaired) electrons. The Hall–Kier alpha value is -4.30. The summed E-state index contributed by atoms with van der Waals surface area (Å²) in [7, 11) is 0. The summed E-state index contributed by atoms with van der Waals surface area (Å²) in [6.07, 6.45) is 0. The molecule has 2 nitrogen and oxygen atoms in total. The van der Waals surface area contributed by atoms with Crippen molar-refractivity contribution >= 4 is 60.0 Å². The summed E-state index contributed by atoms with van der Waals surface area (Å²) in [4.78, 5) is 0. The molecule has 35 heavy (non-hydrogen) atoms. The molecule has 0 saturated carbocycles. The summed E-state index contributed by atoms with van der Waals surface area (Å²) in [5, 5.41) is 7.46. The van der Waals surface area contributed by atoms with Gasteiger partial charge in [-0.25, -0.2) is 0 Å². The molecule has 3 heterocycles. The van der Waals surface area contributed by atoms with Crippen LogP contribution in [0.2, 0.25) is 0 Å². The van der Waals surface area contributed by atoms with Gasteiger partial charge in [0, 0.05) is 32.3 Å². The lowest BCUT2D eigenvalue weighted by molar-refractivity contribution is 0.661. The molecule has 0 N–H and O–H groups in total. The van der Waals surface area contributed by atoms with E-state index >= 15 is 0 Å². The van der Waals surface area contributed by atoms with Gasteiger partial charge in [0.2, 0.25) is 0 Å². The predicted molar refractivity (Wildman–Crippen MR) is 146 cm³/mol. The third-order valence-electron chi connectivity index (χ3n) is 8.51. The second kappa shape index (κ2) is 5.67. The summed E-state index contributed by atoms with van der Waals surface area (Å²) in [5.74, 6) is 0. The number of rotatable bonds is 0. The molecule has 8 aromatic rings. The third kappa shape index (κ3) is 1.93. The Labute approximate surface area is 201 Å². The minimum absolute atomic E-state index is 0.0262. The molecule has 1 aliphatic rings. The van der Waals surface area contributed by atoms with Crippen LogP contribution >= 0.6 is 0 Å². The number of para-hydroxylation sites is 2. The average Bonchev–Trinajstić information content (AvgIpc) is 3.58. The lowest BCUT2D eigenvalue weighted by atomic mass is 9.82. The number of nitrogens with zero attached hydrogens (tertiary/aromatic N) is 1. The van der Waals surface area contributed by atoms with Crippen molar-refractivity contribution in [3.8, 4) is 11.1 Å². The van der Waals surface area contributed by atoms with Crippen molar-refractivity contribution in [2.75, 3.05) is 0 Å². The molecule has 164 valence electrons. The van der Waals surface area contributed by atoms with Crippen LogP contribution in [0.5, 0.6) is 0 Å². The fourth-order valence-corrected chi connectivity index (χ4v) is 6.92. The highest BCUT2D eigenvalue weighted by Crippen LogP contribution is 2.52. The van der Waals surface area contributed by atoms with Gasteiger partial charge in [0.05, 0.1) is 21.9 Å². The van der Waals surface area contributed by atoms with Crippen molar-refractivity contribution in [1.29, 1.82) is 0 Å². The van der Waals surface area contributed by atoms with Crippen molar-refractivity contribution < 1.29 is 4.42 Å². The zero-order valence-corrected chi connectivity index (χ0v) is 19.5. The fraction of sp³-hybridized carbons (Fsp3) is 0.0909. The summed E-state index contributed by atoms with van der Waals surface area (Å²) in [6, 6.07) is 33.3. The molecule has 0 saturated heterocycles. The van der Waals surface area contributed by atoms with E-state index in [9.17, 15) is 0 Å². The van der Waals surface area contributed by atoms with Crippen LogP contribution in [0.4, 0.5) is 0 Å². The standard InChI is InChI=1S/C33H21NO/c1-33(2)25-12-6-3-9-18(25)21-15-22-23-16-24-19-10-5-8-14-29(19)35-32(24)30-20-11-4-7-13-27(20)34(31(23)30)28(22)17-26(21)33/h3-17H,1-2H3. The highest BCUT2D eigenvalue weighted by atomic mass is 16.3. The molecule has 0 bridgehead atoms. The van der Waals surface area contributed by atoms with Gasteiger partial charge in [0.25, 0.3) is 0 Å². The Balaban J connectivity index is 1.58. The highest BCUT2D eigenvalue weighted by Gasteiger charge is 2.36. The van der Waals surface area contributed by atoms with Crippen molar-refractivity contribution in [3.63, 3.8) is 0 Å². The molecule has 0 spiro atoms. The SMILES string of the molecule is CC1(C)c2ccccc2-c2cc3c4cc5c6ccccc6oc5c5c6ccccc6n(c3cc21)c45. The Morgan fingerprint density at radius 2 is 1.37 bits per heavy atom. The maximum atomic E-state index is 6.51. The summed E-state index contributed by atoms with van der Waals surface area (Å²) in [5.41, 5.74) is 11.3. The van der Waals surface area contributed by atoms with Crippen LogP contribution in [0.3, 0.4) is 0 Å². The maximum Gasteiger partial charge on any atom is 0.145 e. The molecule has 3 aromatic heterocycles. The Morgan fingerprint density at radius 1 is 0.600 bits per heavy atom. The van der Waals surface area contributed by atoms with Crippen LogP contribution < -0.4 is 0 Å². The molecule has 0 atom stereocenters. The van der Waals surface area contributed by atoms with Crippen molar-refractivity contribution in [3.05, 3.63) is 102 Å². The molecule has 0 unspecified atom stereocenters. The maximum absolute atomic E-state index is 6.51. The molecule has 1 aliphatic carbocycles. The zero-order valence-electron chi connectivity index (χ0n) is 19.5. The van der Waals surface area contributed by atoms with E-state index in [-0.39, 0.29) is 5.41 Å². The quantitative estimate of drug-likeness (QED) is 0.227. The van der Waals surface area contributed by atoms with Gasteiger partial charge >= 0.3 is 0 Å². The van der Waals surface area contributed by atoms with E-state index in [1.807, 2.05) is 0 Å². The Morgan fingerprint density at radius 3 is 2.29 bits per heavy atom. The molecule has 9 rings (SSSR count). The lowest BCUT2D eigenvalue weighted by Gasteiger charge is -2.21. The van der Waals surface area contributed by atoms with Gasteiger partial charge in [-0.2, -0.15) is 0 Å². The minimum Gasteiger partial charge on any atom is -0.455 e. The summed E-state index contributed by atoms with van der Waals surface area (Å²) in [6.45, 7) is 4.71. The number of benzene rings is 5. The Kier molecular flexibility index (Phi) is 2.93. The lowest BCUT2D eigenvalue weighted by Crippen LogP contribution is -2.14. The van der Waals surface area contributed by atoms with Gasteiger partial charge in [-0.1, -0.05) is 74.5 Å². The average molecular weight is 448 g/mol. The first-order chi connectivity index (χ1) is 17.1. The molecule has 5 aromatic carbocycles.